The molecule has 5 rings (SSSR count). The summed E-state index contributed by atoms with van der Waals surface area (Å²) in [6, 6.07) is 23.7. The maximum atomic E-state index is 13.7. The summed E-state index contributed by atoms with van der Waals surface area (Å²) < 4.78 is 12.6. The van der Waals surface area contributed by atoms with E-state index in [2.05, 4.69) is 41.5 Å². The number of hydrogen-bond acceptors (Lipinski definition) is 3. The number of allylic oxidation sites excluding steroid dienone is 3. The molecule has 0 bridgehead atoms. The Labute approximate surface area is 247 Å². The lowest BCUT2D eigenvalue weighted by Gasteiger charge is -2.30. The van der Waals surface area contributed by atoms with Crippen molar-refractivity contribution in [2.24, 2.45) is 11.3 Å². The summed E-state index contributed by atoms with van der Waals surface area (Å²) >= 11 is 0. The van der Waals surface area contributed by atoms with Gasteiger partial charge >= 0.3 is 11.5 Å². The number of ether oxygens (including phenoxy) is 1. The summed E-state index contributed by atoms with van der Waals surface area (Å²) in [5.41, 5.74) is 3.19. The average molecular weight is 560 g/mol. The molecule has 4 nitrogen and oxygen atoms in total. The monoisotopic (exact) mass is 559 g/mol. The van der Waals surface area contributed by atoms with Crippen molar-refractivity contribution in [2.75, 3.05) is 0 Å². The highest BCUT2D eigenvalue weighted by atomic mass is 16.5. The largest absolute Gasteiger partial charge is 0.461 e. The molecule has 1 atom stereocenters. The van der Waals surface area contributed by atoms with Crippen LogP contribution in [0.5, 0.6) is 0 Å². The second-order valence-corrected chi connectivity index (χ2v) is 13.2. The van der Waals surface area contributed by atoms with E-state index in [1.807, 2.05) is 98.8 Å². The van der Waals surface area contributed by atoms with Crippen LogP contribution in [0, 0.1) is 11.3 Å². The lowest BCUT2D eigenvalue weighted by molar-refractivity contribution is 0.257. The van der Waals surface area contributed by atoms with E-state index in [1.54, 1.807) is 0 Å². The normalized spacial score (nSPS) is 15.6. The van der Waals surface area contributed by atoms with Crippen molar-refractivity contribution in [3.63, 3.8) is 0 Å². The van der Waals surface area contributed by atoms with E-state index in [0.717, 1.165) is 39.5 Å². The fourth-order valence-electron chi connectivity index (χ4n) is 5.21. The van der Waals surface area contributed by atoms with Gasteiger partial charge in [-0.25, -0.2) is 4.42 Å². The van der Waals surface area contributed by atoms with Crippen LogP contribution in [-0.4, -0.2) is 0 Å². The Morgan fingerprint density at radius 3 is 1.83 bits per heavy atom. The first kappa shape index (κ1) is 29.2. The first-order valence-corrected chi connectivity index (χ1v) is 14.5. The average Bonchev–Trinajstić information content (AvgIpc) is 2.96. The molecule has 1 aromatic heterocycles. The van der Waals surface area contributed by atoms with Crippen molar-refractivity contribution in [2.45, 2.75) is 60.8 Å². The first-order valence-electron chi connectivity index (χ1n) is 14.5. The van der Waals surface area contributed by atoms with Crippen molar-refractivity contribution < 1.29 is 9.15 Å². The molecule has 4 heteroatoms. The molecule has 0 saturated heterocycles. The van der Waals surface area contributed by atoms with E-state index in [9.17, 15) is 9.59 Å². The third-order valence-corrected chi connectivity index (χ3v) is 7.88. The van der Waals surface area contributed by atoms with Crippen molar-refractivity contribution in [1.29, 1.82) is 0 Å². The molecule has 0 fully saturated rings. The highest BCUT2D eigenvalue weighted by molar-refractivity contribution is 5.71. The van der Waals surface area contributed by atoms with Crippen LogP contribution in [0.25, 0.3) is 28.2 Å². The molecule has 2 heterocycles. The van der Waals surface area contributed by atoms with Gasteiger partial charge in [-0.3, -0.25) is 9.59 Å². The van der Waals surface area contributed by atoms with Crippen molar-refractivity contribution in [3.8, 4) is 11.3 Å². The van der Waals surface area contributed by atoms with Crippen LogP contribution in [0.3, 0.4) is 0 Å². The summed E-state index contributed by atoms with van der Waals surface area (Å²) in [7, 11) is 0. The van der Waals surface area contributed by atoms with Gasteiger partial charge < -0.3 is 4.74 Å². The molecule has 42 heavy (non-hydrogen) atoms. The van der Waals surface area contributed by atoms with E-state index in [4.69, 9.17) is 9.15 Å². The van der Waals surface area contributed by atoms with E-state index < -0.39 is 0 Å². The Balaban J connectivity index is 1.67. The minimum Gasteiger partial charge on any atom is -0.461 e. The van der Waals surface area contributed by atoms with Gasteiger partial charge in [0.15, 0.2) is 0 Å². The molecule has 1 unspecified atom stereocenters. The summed E-state index contributed by atoms with van der Waals surface area (Å²) in [6.07, 6.45) is 4.03. The van der Waals surface area contributed by atoms with Gasteiger partial charge in [0.05, 0.1) is 27.5 Å². The maximum absolute atomic E-state index is 13.7. The molecule has 0 amide bonds. The lowest BCUT2D eigenvalue weighted by atomic mass is 9.85. The molecule has 0 aliphatic carbocycles. The number of rotatable bonds is 4. The molecule has 1 aliphatic rings. The third kappa shape index (κ3) is 5.59. The molecule has 1 aliphatic heterocycles. The van der Waals surface area contributed by atoms with Crippen LogP contribution in [0.2, 0.25) is 0 Å². The van der Waals surface area contributed by atoms with E-state index in [-0.39, 0.29) is 38.0 Å². The van der Waals surface area contributed by atoms with E-state index in [1.165, 1.54) is 0 Å². The van der Waals surface area contributed by atoms with E-state index in [0.29, 0.717) is 11.3 Å². The Kier molecular flexibility index (Phi) is 7.53. The van der Waals surface area contributed by atoms with Gasteiger partial charge in [-0.15, -0.1) is 0 Å². The lowest BCUT2D eigenvalue weighted by Crippen LogP contribution is -2.66. The predicted octanol–water partition coefficient (Wildman–Crippen LogP) is 7.13. The summed E-state index contributed by atoms with van der Waals surface area (Å²) in [5.74, 6) is 2.79. The zero-order chi connectivity index (χ0) is 30.4. The standard InChI is InChI=1S/C38H39O4/c1-23(27-19-29(25-15-11-9-12-16-25)41-31(21-27)37(3,4)5)33-35(39)34(36(33)40)24(2)28-20-30(26-17-13-10-14-18-26)42-32(22-28)38(6,7)8/h9-22,27H,1-8H3/q+1. The second-order valence-electron chi connectivity index (χ2n) is 13.2. The number of benzene rings is 2. The Hall–Kier alpha value is -4.31. The maximum Gasteiger partial charge on any atom is 0.360 e. The number of hydrogen-bond donors (Lipinski definition) is 0. The van der Waals surface area contributed by atoms with Crippen molar-refractivity contribution in [3.05, 3.63) is 138 Å². The zero-order valence-electron chi connectivity index (χ0n) is 25.8. The molecule has 4 aromatic rings. The molecular weight excluding hydrogens is 520 g/mol. The second kappa shape index (κ2) is 10.8. The Morgan fingerprint density at radius 1 is 0.714 bits per heavy atom. The highest BCUT2D eigenvalue weighted by Gasteiger charge is 2.31. The van der Waals surface area contributed by atoms with Gasteiger partial charge in [-0.1, -0.05) is 69.3 Å². The zero-order valence-corrected chi connectivity index (χ0v) is 25.8. The topological polar surface area (TPSA) is 54.7 Å². The quantitative estimate of drug-likeness (QED) is 0.250. The van der Waals surface area contributed by atoms with E-state index >= 15 is 0 Å². The highest BCUT2D eigenvalue weighted by Crippen LogP contribution is 2.38. The summed E-state index contributed by atoms with van der Waals surface area (Å²) in [4.78, 5) is 27.4. The third-order valence-electron chi connectivity index (χ3n) is 7.88. The molecule has 214 valence electrons. The van der Waals surface area contributed by atoms with Crippen LogP contribution in [0.15, 0.2) is 105 Å². The van der Waals surface area contributed by atoms with Gasteiger partial charge in [0.25, 0.3) is 0 Å². The molecular formula is C38H39O4+. The van der Waals surface area contributed by atoms with Gasteiger partial charge in [0.2, 0.25) is 10.9 Å². The molecule has 3 aromatic carbocycles. The molecule has 0 saturated carbocycles. The minimum absolute atomic E-state index is 0.207. The predicted molar refractivity (Wildman–Crippen MR) is 172 cm³/mol. The van der Waals surface area contributed by atoms with Crippen molar-refractivity contribution >= 4 is 16.9 Å². The van der Waals surface area contributed by atoms with Gasteiger partial charge in [0.1, 0.15) is 11.5 Å². The Bertz CT molecular complexity index is 1870. The van der Waals surface area contributed by atoms with Crippen LogP contribution in [0.4, 0.5) is 0 Å². The summed E-state index contributed by atoms with van der Waals surface area (Å²) in [5, 5.41) is 0.512. The fraction of sp³-hybridized carbons (Fsp3) is 0.289. The SMILES string of the molecule is CC(c1cc(-c2ccccc2)[o+]c(C(C)(C)C)c1)=c1c(=O)c(=C(C)C2C=C(c3ccccc3)OC(C(C)(C)C)=C2)c1=O. The van der Waals surface area contributed by atoms with Crippen LogP contribution >= 0.6 is 0 Å². The Morgan fingerprint density at radius 2 is 1.29 bits per heavy atom. The van der Waals surface area contributed by atoms with Crippen LogP contribution in [-0.2, 0) is 10.2 Å². The molecule has 0 N–H and O–H groups in total. The van der Waals surface area contributed by atoms with Gasteiger partial charge in [0, 0.05) is 23.0 Å². The van der Waals surface area contributed by atoms with Crippen LogP contribution < -0.4 is 21.3 Å². The molecule has 0 spiro atoms. The summed E-state index contributed by atoms with van der Waals surface area (Å²) in [6.45, 7) is 16.3. The van der Waals surface area contributed by atoms with Gasteiger partial charge in [-0.2, -0.15) is 0 Å². The van der Waals surface area contributed by atoms with Gasteiger partial charge in [-0.05, 0) is 75.6 Å². The fourth-order valence-corrected chi connectivity index (χ4v) is 5.21. The first-order chi connectivity index (χ1) is 19.8. The minimum atomic E-state index is -0.261. The molecule has 0 radical (unpaired) electrons. The van der Waals surface area contributed by atoms with Crippen molar-refractivity contribution in [1.82, 2.24) is 0 Å². The smallest absolute Gasteiger partial charge is 0.360 e. The van der Waals surface area contributed by atoms with Crippen LogP contribution in [0.1, 0.15) is 72.3 Å².